The van der Waals surface area contributed by atoms with E-state index >= 15 is 0 Å². The van der Waals surface area contributed by atoms with Crippen molar-refractivity contribution in [3.05, 3.63) is 163 Å². The monoisotopic (exact) mass is 640 g/mol. The summed E-state index contributed by atoms with van der Waals surface area (Å²) in [6, 6.07) is 53.1. The maximum absolute atomic E-state index is 10.0. The highest BCUT2D eigenvalue weighted by Crippen LogP contribution is 2.45. The number of benzene rings is 7. The van der Waals surface area contributed by atoms with Gasteiger partial charge in [0.2, 0.25) is 0 Å². The van der Waals surface area contributed by atoms with Gasteiger partial charge < -0.3 is 9.13 Å². The lowest BCUT2D eigenvalue weighted by Crippen LogP contribution is -1.98. The molecule has 0 saturated heterocycles. The summed E-state index contributed by atoms with van der Waals surface area (Å²) in [5, 5.41) is 17.1. The highest BCUT2D eigenvalue weighted by Gasteiger charge is 2.21. The Labute approximate surface area is 285 Å². The molecule has 10 aromatic rings. The summed E-state index contributed by atoms with van der Waals surface area (Å²) < 4.78 is 7.22. The Morgan fingerprint density at radius 1 is 0.571 bits per heavy atom. The highest BCUT2D eigenvalue weighted by molar-refractivity contribution is 7.26. The number of aromatic nitrogens is 2. The smallest absolute Gasteiger partial charge is 0.188 e. The number of fused-ring (bicyclic) bond motifs is 10. The Morgan fingerprint density at radius 2 is 1.31 bits per heavy atom. The fraction of sp³-hybridized carbons (Fsp3) is 0. The molecule has 226 valence electrons. The van der Waals surface area contributed by atoms with Crippen molar-refractivity contribution in [2.24, 2.45) is 0 Å². The SMILES string of the molecule is [C-]#[N+]c1ccc2c(c1)c1ccccc1n2-c1cc(C#N)ccc1-c1ccc2c(c1)c1ccc3sc4ccccc4c3c1n2-c1ccccc1. The molecule has 3 aromatic heterocycles. The Bertz CT molecular complexity index is 3070. The molecule has 0 spiro atoms. The molecule has 0 radical (unpaired) electrons. The summed E-state index contributed by atoms with van der Waals surface area (Å²) in [7, 11) is 0. The lowest BCUT2D eigenvalue weighted by atomic mass is 9.99. The van der Waals surface area contributed by atoms with Gasteiger partial charge in [-0.15, -0.1) is 11.3 Å². The maximum atomic E-state index is 10.0. The zero-order valence-electron chi connectivity index (χ0n) is 26.1. The average Bonchev–Trinajstić information content (AvgIpc) is 3.82. The lowest BCUT2D eigenvalue weighted by molar-refractivity contribution is 1.18. The van der Waals surface area contributed by atoms with Crippen LogP contribution in [0.4, 0.5) is 5.69 Å². The fourth-order valence-electron chi connectivity index (χ4n) is 7.65. The summed E-state index contributed by atoms with van der Waals surface area (Å²) in [5.41, 5.74) is 9.74. The molecule has 4 nitrogen and oxygen atoms in total. The van der Waals surface area contributed by atoms with Crippen LogP contribution in [0.5, 0.6) is 0 Å². The van der Waals surface area contributed by atoms with Crippen molar-refractivity contribution in [3.63, 3.8) is 0 Å². The molecule has 0 N–H and O–H groups in total. The van der Waals surface area contributed by atoms with Crippen molar-refractivity contribution >= 4 is 80.8 Å². The first-order valence-electron chi connectivity index (χ1n) is 16.1. The van der Waals surface area contributed by atoms with Crippen LogP contribution < -0.4 is 0 Å². The second-order valence-electron chi connectivity index (χ2n) is 12.3. The second-order valence-corrected chi connectivity index (χ2v) is 13.4. The maximum Gasteiger partial charge on any atom is 0.188 e. The molecule has 0 aliphatic rings. The molecule has 0 bridgehead atoms. The highest BCUT2D eigenvalue weighted by atomic mass is 32.1. The summed E-state index contributed by atoms with van der Waals surface area (Å²) in [6.45, 7) is 7.63. The van der Waals surface area contributed by atoms with Crippen molar-refractivity contribution in [3.8, 4) is 28.6 Å². The first kappa shape index (κ1) is 27.5. The van der Waals surface area contributed by atoms with Gasteiger partial charge in [0.05, 0.1) is 46.0 Å². The Kier molecular flexibility index (Phi) is 5.84. The van der Waals surface area contributed by atoms with Gasteiger partial charge in [-0.1, -0.05) is 78.9 Å². The van der Waals surface area contributed by atoms with Gasteiger partial charge >= 0.3 is 0 Å². The van der Waals surface area contributed by atoms with Gasteiger partial charge in [0.1, 0.15) is 0 Å². The second kappa shape index (κ2) is 10.4. The molecule has 0 aliphatic carbocycles. The van der Waals surface area contributed by atoms with E-state index in [0.717, 1.165) is 49.8 Å². The predicted molar refractivity (Wildman–Crippen MR) is 204 cm³/mol. The molecule has 0 aliphatic heterocycles. The number of para-hydroxylation sites is 2. The van der Waals surface area contributed by atoms with Crippen LogP contribution in [0.15, 0.2) is 146 Å². The standard InChI is InChI=1S/C44H24N4S/c1-46-29-17-21-39-36(25-29)32-11-5-7-13-37(32)48(39)40-23-27(26-45)15-18-31(40)28-16-20-38-35(24-28)33-19-22-42-43(34-12-6-8-14-41(34)49-42)44(33)47(38)30-9-3-2-4-10-30/h2-25H. The largest absolute Gasteiger partial charge is 0.309 e. The minimum atomic E-state index is 0.593. The Morgan fingerprint density at radius 3 is 2.16 bits per heavy atom. The third-order valence-corrected chi connectivity index (χ3v) is 10.9. The molecule has 0 saturated carbocycles. The molecule has 0 unspecified atom stereocenters. The Hall–Kier alpha value is -6.66. The third-order valence-electron chi connectivity index (χ3n) is 9.75. The van der Waals surface area contributed by atoms with Gasteiger partial charge in [-0.25, -0.2) is 4.85 Å². The Balaban J connectivity index is 1.30. The predicted octanol–water partition coefficient (Wildman–Crippen LogP) is 12.3. The molecule has 5 heteroatoms. The van der Waals surface area contributed by atoms with Crippen LogP contribution >= 0.6 is 11.3 Å². The molecule has 49 heavy (non-hydrogen) atoms. The van der Waals surface area contributed by atoms with Gasteiger partial charge in [-0.05, 0) is 77.7 Å². The van der Waals surface area contributed by atoms with Crippen LogP contribution in [-0.2, 0) is 0 Å². The molecule has 0 amide bonds. The third kappa shape index (κ3) is 3.95. The van der Waals surface area contributed by atoms with Crippen molar-refractivity contribution in [1.29, 1.82) is 5.26 Å². The zero-order chi connectivity index (χ0) is 32.6. The van der Waals surface area contributed by atoms with Gasteiger partial charge in [0, 0.05) is 47.6 Å². The minimum absolute atomic E-state index is 0.593. The number of hydrogen-bond donors (Lipinski definition) is 0. The summed E-state index contributed by atoms with van der Waals surface area (Å²) in [6.07, 6.45) is 0. The molecular weight excluding hydrogens is 617 g/mol. The minimum Gasteiger partial charge on any atom is -0.309 e. The van der Waals surface area contributed by atoms with Crippen molar-refractivity contribution < 1.29 is 0 Å². The first-order valence-corrected chi connectivity index (χ1v) is 16.9. The zero-order valence-corrected chi connectivity index (χ0v) is 26.9. The van der Waals surface area contributed by atoms with E-state index in [1.807, 2.05) is 53.8 Å². The number of nitriles is 1. The summed E-state index contributed by atoms with van der Waals surface area (Å²) in [5.74, 6) is 0. The molecule has 10 rings (SSSR count). The van der Waals surface area contributed by atoms with E-state index in [1.54, 1.807) is 0 Å². The van der Waals surface area contributed by atoms with E-state index in [4.69, 9.17) is 6.57 Å². The first-order chi connectivity index (χ1) is 24.2. The van der Waals surface area contributed by atoms with Gasteiger partial charge in [-0.3, -0.25) is 0 Å². The van der Waals surface area contributed by atoms with E-state index in [9.17, 15) is 5.26 Å². The van der Waals surface area contributed by atoms with E-state index in [1.165, 1.54) is 36.5 Å². The summed E-state index contributed by atoms with van der Waals surface area (Å²) >= 11 is 1.84. The quantitative estimate of drug-likeness (QED) is 0.177. The molecule has 0 atom stereocenters. The number of rotatable bonds is 3. The van der Waals surface area contributed by atoms with Crippen molar-refractivity contribution in [2.45, 2.75) is 0 Å². The normalized spacial score (nSPS) is 11.6. The van der Waals surface area contributed by atoms with Gasteiger partial charge in [-0.2, -0.15) is 5.26 Å². The fourth-order valence-corrected chi connectivity index (χ4v) is 8.76. The van der Waals surface area contributed by atoms with Gasteiger partial charge in [0.25, 0.3) is 0 Å². The van der Waals surface area contributed by atoms with E-state index in [0.29, 0.717) is 11.3 Å². The van der Waals surface area contributed by atoms with Crippen molar-refractivity contribution in [1.82, 2.24) is 9.13 Å². The topological polar surface area (TPSA) is 38.0 Å². The summed E-state index contributed by atoms with van der Waals surface area (Å²) in [4.78, 5) is 3.71. The molecule has 0 fully saturated rings. The van der Waals surface area contributed by atoms with E-state index in [2.05, 4.69) is 123 Å². The van der Waals surface area contributed by atoms with Crippen LogP contribution in [0.1, 0.15) is 5.56 Å². The number of nitrogens with zero attached hydrogens (tertiary/aromatic N) is 4. The molecule has 3 heterocycles. The van der Waals surface area contributed by atoms with Crippen LogP contribution in [0.2, 0.25) is 0 Å². The lowest BCUT2D eigenvalue weighted by Gasteiger charge is -2.15. The number of hydrogen-bond acceptors (Lipinski definition) is 2. The van der Waals surface area contributed by atoms with Crippen molar-refractivity contribution in [2.75, 3.05) is 0 Å². The average molecular weight is 641 g/mol. The molecular formula is C44H24N4S. The van der Waals surface area contributed by atoms with E-state index < -0.39 is 0 Å². The van der Waals surface area contributed by atoms with Crippen LogP contribution in [0.25, 0.3) is 91.1 Å². The van der Waals surface area contributed by atoms with Crippen LogP contribution in [0.3, 0.4) is 0 Å². The van der Waals surface area contributed by atoms with Crippen LogP contribution in [0, 0.1) is 17.9 Å². The van der Waals surface area contributed by atoms with E-state index in [-0.39, 0.29) is 0 Å². The number of thiophene rings is 1. The van der Waals surface area contributed by atoms with Crippen LogP contribution in [-0.4, -0.2) is 9.13 Å². The molecule has 7 aromatic carbocycles. The van der Waals surface area contributed by atoms with Gasteiger partial charge in [0.15, 0.2) is 5.69 Å².